The lowest BCUT2D eigenvalue weighted by Crippen LogP contribution is -2.43. The Hall–Kier alpha value is -1.85. The van der Waals surface area contributed by atoms with Crippen LogP contribution in [0.5, 0.6) is 0 Å². The zero-order valence-corrected chi connectivity index (χ0v) is 15.6. The second kappa shape index (κ2) is 8.02. The number of thiophene rings is 1. The molecule has 1 aliphatic rings. The number of hydrogen-bond donors (Lipinski definition) is 1. The Morgan fingerprint density at radius 3 is 2.48 bits per heavy atom. The molecule has 2 heterocycles. The van der Waals surface area contributed by atoms with Crippen LogP contribution >= 0.6 is 22.9 Å². The molecule has 0 radical (unpaired) electrons. The van der Waals surface area contributed by atoms with Gasteiger partial charge in [0, 0.05) is 34.5 Å². The first-order valence-corrected chi connectivity index (χ1v) is 9.69. The third-order valence-corrected chi connectivity index (χ3v) is 5.88. The summed E-state index contributed by atoms with van der Waals surface area (Å²) in [6.07, 6.45) is 1.39. The van der Waals surface area contributed by atoms with E-state index < -0.39 is 0 Å². The Bertz CT molecular complexity index is 722. The van der Waals surface area contributed by atoms with E-state index in [2.05, 4.69) is 5.32 Å². The van der Waals surface area contributed by atoms with Gasteiger partial charge in [-0.1, -0.05) is 17.7 Å². The maximum absolute atomic E-state index is 12.5. The molecule has 132 valence electrons. The van der Waals surface area contributed by atoms with E-state index in [4.69, 9.17) is 11.6 Å². The van der Waals surface area contributed by atoms with Crippen molar-refractivity contribution >= 4 is 34.8 Å². The maximum atomic E-state index is 12.5. The first-order valence-electron chi connectivity index (χ1n) is 8.43. The number of hydrogen-bond acceptors (Lipinski definition) is 3. The molecule has 2 amide bonds. The van der Waals surface area contributed by atoms with Crippen LogP contribution in [-0.4, -0.2) is 29.8 Å². The van der Waals surface area contributed by atoms with Gasteiger partial charge in [-0.05, 0) is 55.5 Å². The third kappa shape index (κ3) is 4.41. The number of amides is 2. The summed E-state index contributed by atoms with van der Waals surface area (Å²) in [5.41, 5.74) is 0.638. The summed E-state index contributed by atoms with van der Waals surface area (Å²) in [6.45, 7) is 3.21. The number of nitrogens with zero attached hydrogens (tertiary/aromatic N) is 1. The Balaban J connectivity index is 1.52. The topological polar surface area (TPSA) is 49.4 Å². The van der Waals surface area contributed by atoms with Gasteiger partial charge in [-0.25, -0.2) is 0 Å². The lowest BCUT2D eigenvalue weighted by Gasteiger charge is -2.32. The van der Waals surface area contributed by atoms with E-state index in [1.54, 1.807) is 35.6 Å². The molecule has 3 rings (SSSR count). The second-order valence-corrected chi connectivity index (χ2v) is 7.73. The van der Waals surface area contributed by atoms with Crippen molar-refractivity contribution in [3.8, 4) is 0 Å². The fourth-order valence-corrected chi connectivity index (χ4v) is 3.92. The molecule has 0 aliphatic carbocycles. The van der Waals surface area contributed by atoms with Crippen molar-refractivity contribution in [3.63, 3.8) is 0 Å². The van der Waals surface area contributed by atoms with Crippen molar-refractivity contribution in [2.24, 2.45) is 5.92 Å². The average molecular weight is 377 g/mol. The number of rotatable bonds is 4. The number of likely N-dealkylation sites (tertiary alicyclic amines) is 1. The third-order valence-electron chi connectivity index (χ3n) is 4.57. The number of piperidine rings is 1. The van der Waals surface area contributed by atoms with Gasteiger partial charge in [0.1, 0.15) is 0 Å². The molecule has 0 bridgehead atoms. The standard InChI is InChI=1S/C19H21ClN2O2S/c1-13(17-3-2-12-25-17)21-18(23)14-8-10-22(11-9-14)19(24)15-4-6-16(20)7-5-15/h2-7,12-14H,8-11H2,1H3,(H,21,23). The normalized spacial score (nSPS) is 16.5. The molecule has 1 N–H and O–H groups in total. The van der Waals surface area contributed by atoms with Crippen molar-refractivity contribution < 1.29 is 9.59 Å². The summed E-state index contributed by atoms with van der Waals surface area (Å²) in [7, 11) is 0. The number of nitrogens with one attached hydrogen (secondary N) is 1. The van der Waals surface area contributed by atoms with Crippen LogP contribution < -0.4 is 5.32 Å². The lowest BCUT2D eigenvalue weighted by atomic mass is 9.95. The Morgan fingerprint density at radius 1 is 1.20 bits per heavy atom. The highest BCUT2D eigenvalue weighted by Crippen LogP contribution is 2.23. The van der Waals surface area contributed by atoms with E-state index in [0.717, 1.165) is 4.88 Å². The molecular weight excluding hydrogens is 356 g/mol. The van der Waals surface area contributed by atoms with Crippen molar-refractivity contribution in [1.82, 2.24) is 10.2 Å². The molecule has 1 saturated heterocycles. The zero-order valence-electron chi connectivity index (χ0n) is 14.1. The fourth-order valence-electron chi connectivity index (χ4n) is 3.06. The first kappa shape index (κ1) is 18.0. The summed E-state index contributed by atoms with van der Waals surface area (Å²) in [6, 6.07) is 11.0. The minimum atomic E-state index is -0.0309. The van der Waals surface area contributed by atoms with Gasteiger partial charge in [0.2, 0.25) is 5.91 Å². The van der Waals surface area contributed by atoms with Gasteiger partial charge in [-0.15, -0.1) is 11.3 Å². The van der Waals surface area contributed by atoms with Gasteiger partial charge in [0.25, 0.3) is 5.91 Å². The molecular formula is C19H21ClN2O2S. The van der Waals surface area contributed by atoms with E-state index in [1.165, 1.54) is 0 Å². The van der Waals surface area contributed by atoms with Crippen LogP contribution in [0.2, 0.25) is 5.02 Å². The number of benzene rings is 1. The quantitative estimate of drug-likeness (QED) is 0.872. The summed E-state index contributed by atoms with van der Waals surface area (Å²) in [5.74, 6) is 0.0543. The SMILES string of the molecule is CC(NC(=O)C1CCN(C(=O)c2ccc(Cl)cc2)CC1)c1cccs1. The summed E-state index contributed by atoms with van der Waals surface area (Å²) >= 11 is 7.51. The minimum Gasteiger partial charge on any atom is -0.349 e. The highest BCUT2D eigenvalue weighted by Gasteiger charge is 2.28. The molecule has 1 aliphatic heterocycles. The summed E-state index contributed by atoms with van der Waals surface area (Å²) in [4.78, 5) is 27.9. The van der Waals surface area contributed by atoms with Crippen LogP contribution in [0.3, 0.4) is 0 Å². The van der Waals surface area contributed by atoms with E-state index >= 15 is 0 Å². The minimum absolute atomic E-state index is 0.00229. The Labute approximate surface area is 156 Å². The van der Waals surface area contributed by atoms with Gasteiger partial charge >= 0.3 is 0 Å². The smallest absolute Gasteiger partial charge is 0.253 e. The molecule has 0 saturated carbocycles. The largest absolute Gasteiger partial charge is 0.349 e. The van der Waals surface area contributed by atoms with Crippen LogP contribution in [0.25, 0.3) is 0 Å². The summed E-state index contributed by atoms with van der Waals surface area (Å²) in [5, 5.41) is 5.72. The van der Waals surface area contributed by atoms with Gasteiger partial charge in [-0.2, -0.15) is 0 Å². The number of halogens is 1. The van der Waals surface area contributed by atoms with Gasteiger partial charge in [0.15, 0.2) is 0 Å². The lowest BCUT2D eigenvalue weighted by molar-refractivity contribution is -0.126. The molecule has 4 nitrogen and oxygen atoms in total. The van der Waals surface area contributed by atoms with Crippen LogP contribution in [0.15, 0.2) is 41.8 Å². The maximum Gasteiger partial charge on any atom is 0.253 e. The predicted molar refractivity (Wildman–Crippen MR) is 101 cm³/mol. The van der Waals surface area contributed by atoms with Crippen molar-refractivity contribution in [3.05, 3.63) is 57.2 Å². The van der Waals surface area contributed by atoms with Crippen LogP contribution in [0.1, 0.15) is 41.0 Å². The molecule has 25 heavy (non-hydrogen) atoms. The molecule has 0 spiro atoms. The van der Waals surface area contributed by atoms with E-state index in [0.29, 0.717) is 36.5 Å². The van der Waals surface area contributed by atoms with Crippen molar-refractivity contribution in [2.75, 3.05) is 13.1 Å². The van der Waals surface area contributed by atoms with E-state index in [9.17, 15) is 9.59 Å². The van der Waals surface area contributed by atoms with E-state index in [-0.39, 0.29) is 23.8 Å². The molecule has 1 fully saturated rings. The Kier molecular flexibility index (Phi) is 5.76. The highest BCUT2D eigenvalue weighted by atomic mass is 35.5. The fraction of sp³-hybridized carbons (Fsp3) is 0.368. The van der Waals surface area contributed by atoms with E-state index in [1.807, 2.05) is 29.3 Å². The monoisotopic (exact) mass is 376 g/mol. The molecule has 1 atom stereocenters. The highest BCUT2D eigenvalue weighted by molar-refractivity contribution is 7.10. The average Bonchev–Trinajstić information content (AvgIpc) is 3.17. The zero-order chi connectivity index (χ0) is 17.8. The van der Waals surface area contributed by atoms with Gasteiger partial charge in [-0.3, -0.25) is 9.59 Å². The van der Waals surface area contributed by atoms with Crippen LogP contribution in [0.4, 0.5) is 0 Å². The second-order valence-electron chi connectivity index (χ2n) is 6.32. The first-order chi connectivity index (χ1) is 12.0. The number of carbonyl (C=O) groups is 2. The summed E-state index contributed by atoms with van der Waals surface area (Å²) < 4.78 is 0. The van der Waals surface area contributed by atoms with Gasteiger partial charge in [0.05, 0.1) is 6.04 Å². The number of carbonyl (C=O) groups excluding carboxylic acids is 2. The molecule has 6 heteroatoms. The van der Waals surface area contributed by atoms with Crippen molar-refractivity contribution in [2.45, 2.75) is 25.8 Å². The molecule has 1 aromatic carbocycles. The van der Waals surface area contributed by atoms with Crippen molar-refractivity contribution in [1.29, 1.82) is 0 Å². The van der Waals surface area contributed by atoms with Crippen LogP contribution in [-0.2, 0) is 4.79 Å². The molecule has 2 aromatic rings. The van der Waals surface area contributed by atoms with Crippen LogP contribution in [0, 0.1) is 5.92 Å². The molecule has 1 aromatic heterocycles. The molecule has 1 unspecified atom stereocenters. The van der Waals surface area contributed by atoms with Gasteiger partial charge < -0.3 is 10.2 Å². The Morgan fingerprint density at radius 2 is 1.88 bits per heavy atom. The predicted octanol–water partition coefficient (Wildman–Crippen LogP) is 4.13.